The average Bonchev–Trinajstić information content (AvgIpc) is 3.34. The zero-order chi connectivity index (χ0) is 16.4. The highest BCUT2D eigenvalue weighted by atomic mass is 32.1. The summed E-state index contributed by atoms with van der Waals surface area (Å²) in [5.74, 6) is 0.154. The summed E-state index contributed by atoms with van der Waals surface area (Å²) < 4.78 is 0. The third-order valence-corrected chi connectivity index (χ3v) is 5.46. The molecule has 2 aromatic heterocycles. The number of hydrogen-bond acceptors (Lipinski definition) is 6. The van der Waals surface area contributed by atoms with Crippen LogP contribution in [0.4, 0.5) is 0 Å². The predicted molar refractivity (Wildman–Crippen MR) is 93.4 cm³/mol. The Labute approximate surface area is 145 Å². The predicted octanol–water partition coefficient (Wildman–Crippen LogP) is 1.47. The lowest BCUT2D eigenvalue weighted by molar-refractivity contribution is 0.0545. The maximum Gasteiger partial charge on any atom is 0.254 e. The maximum absolute atomic E-state index is 12.4. The zero-order valence-electron chi connectivity index (χ0n) is 13.4. The van der Waals surface area contributed by atoms with Gasteiger partial charge in [0.2, 0.25) is 0 Å². The second-order valence-corrected chi connectivity index (χ2v) is 7.00. The minimum Gasteiger partial charge on any atom is -0.336 e. The Morgan fingerprint density at radius 1 is 1.21 bits per heavy atom. The average molecular weight is 343 g/mol. The Hall–Kier alpha value is -1.80. The smallest absolute Gasteiger partial charge is 0.254 e. The van der Waals surface area contributed by atoms with E-state index in [9.17, 15) is 4.79 Å². The summed E-state index contributed by atoms with van der Waals surface area (Å²) in [4.78, 5) is 21.0. The number of hydrogen-bond donors (Lipinski definition) is 2. The fourth-order valence-electron chi connectivity index (χ4n) is 3.39. The van der Waals surface area contributed by atoms with Crippen molar-refractivity contribution in [3.8, 4) is 0 Å². The molecule has 0 saturated carbocycles. The summed E-state index contributed by atoms with van der Waals surface area (Å²) in [6, 6.07) is 6.26. The second-order valence-electron chi connectivity index (χ2n) is 6.22. The fraction of sp³-hybridized carbons (Fsp3) is 0.412. The number of amides is 1. The van der Waals surface area contributed by atoms with Crippen molar-refractivity contribution >= 4 is 17.2 Å². The quantitative estimate of drug-likeness (QED) is 0.884. The second kappa shape index (κ2) is 6.98. The van der Waals surface area contributed by atoms with Crippen LogP contribution in [-0.2, 0) is 0 Å². The minimum absolute atomic E-state index is 0.154. The fourth-order valence-corrected chi connectivity index (χ4v) is 4.01. The van der Waals surface area contributed by atoms with Gasteiger partial charge >= 0.3 is 0 Å². The van der Waals surface area contributed by atoms with Gasteiger partial charge in [0.05, 0.1) is 17.8 Å². The van der Waals surface area contributed by atoms with E-state index >= 15 is 0 Å². The van der Waals surface area contributed by atoms with Gasteiger partial charge in [-0.15, -0.1) is 0 Å². The van der Waals surface area contributed by atoms with Gasteiger partial charge in [0.25, 0.3) is 5.91 Å². The van der Waals surface area contributed by atoms with Crippen molar-refractivity contribution < 1.29 is 4.79 Å². The van der Waals surface area contributed by atoms with Crippen molar-refractivity contribution in [3.05, 3.63) is 52.5 Å². The van der Waals surface area contributed by atoms with Crippen molar-refractivity contribution in [2.24, 2.45) is 0 Å². The Morgan fingerprint density at radius 3 is 2.79 bits per heavy atom. The molecule has 0 aliphatic carbocycles. The van der Waals surface area contributed by atoms with Crippen molar-refractivity contribution in [2.75, 3.05) is 26.2 Å². The molecule has 2 aliphatic rings. The van der Waals surface area contributed by atoms with Gasteiger partial charge in [-0.25, -0.2) is 10.9 Å². The lowest BCUT2D eigenvalue weighted by Gasteiger charge is -2.37. The van der Waals surface area contributed by atoms with Crippen LogP contribution < -0.4 is 10.9 Å². The third-order valence-electron chi connectivity index (χ3n) is 4.78. The van der Waals surface area contributed by atoms with Crippen molar-refractivity contribution in [3.63, 3.8) is 0 Å². The number of nitrogens with zero attached hydrogens (tertiary/aromatic N) is 3. The normalized spacial score (nSPS) is 25.1. The summed E-state index contributed by atoms with van der Waals surface area (Å²) in [5, 5.41) is 3.88. The van der Waals surface area contributed by atoms with Crippen LogP contribution in [0, 0.1) is 0 Å². The summed E-state index contributed by atoms with van der Waals surface area (Å²) in [6.45, 7) is 3.36. The molecule has 2 saturated heterocycles. The van der Waals surface area contributed by atoms with E-state index in [1.54, 1.807) is 17.5 Å². The molecule has 0 radical (unpaired) electrons. The number of thiophene rings is 1. The van der Waals surface area contributed by atoms with Gasteiger partial charge in [-0.05, 0) is 29.5 Å². The van der Waals surface area contributed by atoms with E-state index in [2.05, 4.69) is 26.8 Å². The molecule has 0 spiro atoms. The molecule has 0 aromatic carbocycles. The van der Waals surface area contributed by atoms with Gasteiger partial charge in [-0.3, -0.25) is 14.7 Å². The zero-order valence-corrected chi connectivity index (χ0v) is 14.2. The molecule has 6 nitrogen and oxygen atoms in total. The Balaban J connectivity index is 1.31. The first-order chi connectivity index (χ1) is 11.8. The first-order valence-corrected chi connectivity index (χ1v) is 9.22. The van der Waals surface area contributed by atoms with Gasteiger partial charge < -0.3 is 4.90 Å². The van der Waals surface area contributed by atoms with Crippen LogP contribution in [0.2, 0.25) is 0 Å². The van der Waals surface area contributed by atoms with Gasteiger partial charge in [0, 0.05) is 44.0 Å². The number of carbonyl (C=O) groups excluding carboxylic acids is 1. The molecular formula is C17H21N5OS. The van der Waals surface area contributed by atoms with Crippen molar-refractivity contribution in [2.45, 2.75) is 18.6 Å². The largest absolute Gasteiger partial charge is 0.336 e. The molecule has 4 rings (SSSR count). The molecule has 2 N–H and O–H groups in total. The molecule has 2 aliphatic heterocycles. The number of rotatable bonds is 3. The molecule has 2 atom stereocenters. The standard InChI is InChI=1S/C17H21N5OS/c23-17(14-3-9-24-12-14)22-7-5-21(6-8-22)16-10-15(19-20-16)13-2-1-4-18-11-13/h1-4,9,11-12,15-16,19-20H,5-8,10H2. The molecule has 2 aromatic rings. The van der Waals surface area contributed by atoms with E-state index in [0.717, 1.165) is 38.2 Å². The van der Waals surface area contributed by atoms with Crippen molar-refractivity contribution in [1.82, 2.24) is 25.6 Å². The highest BCUT2D eigenvalue weighted by molar-refractivity contribution is 7.08. The molecule has 7 heteroatoms. The van der Waals surface area contributed by atoms with Gasteiger partial charge in [0.1, 0.15) is 0 Å². The molecule has 24 heavy (non-hydrogen) atoms. The van der Waals surface area contributed by atoms with Crippen LogP contribution >= 0.6 is 11.3 Å². The van der Waals surface area contributed by atoms with Gasteiger partial charge in [0.15, 0.2) is 0 Å². The Bertz CT molecular complexity index is 670. The van der Waals surface area contributed by atoms with Gasteiger partial charge in [-0.1, -0.05) is 6.07 Å². The van der Waals surface area contributed by atoms with E-state index in [1.807, 2.05) is 34.0 Å². The maximum atomic E-state index is 12.4. The number of hydrazine groups is 1. The molecule has 4 heterocycles. The minimum atomic E-state index is 0.154. The summed E-state index contributed by atoms with van der Waals surface area (Å²) in [6.07, 6.45) is 5.02. The monoisotopic (exact) mass is 343 g/mol. The number of piperazine rings is 1. The Morgan fingerprint density at radius 2 is 2.08 bits per heavy atom. The molecule has 0 bridgehead atoms. The van der Waals surface area contributed by atoms with Crippen LogP contribution in [0.25, 0.3) is 0 Å². The molecule has 126 valence electrons. The first kappa shape index (κ1) is 15.7. The Kier molecular flexibility index (Phi) is 4.57. The van der Waals surface area contributed by atoms with E-state index in [0.29, 0.717) is 6.17 Å². The van der Waals surface area contributed by atoms with E-state index in [4.69, 9.17) is 0 Å². The number of pyridine rings is 1. The topological polar surface area (TPSA) is 60.5 Å². The molecule has 2 unspecified atom stereocenters. The molecule has 1 amide bonds. The molecule has 2 fully saturated rings. The van der Waals surface area contributed by atoms with E-state index < -0.39 is 0 Å². The lowest BCUT2D eigenvalue weighted by atomic mass is 10.1. The van der Waals surface area contributed by atoms with Gasteiger partial charge in [-0.2, -0.15) is 11.3 Å². The summed E-state index contributed by atoms with van der Waals surface area (Å²) >= 11 is 1.57. The number of aromatic nitrogens is 1. The van der Waals surface area contributed by atoms with Crippen LogP contribution in [0.1, 0.15) is 28.4 Å². The molecular weight excluding hydrogens is 322 g/mol. The van der Waals surface area contributed by atoms with Crippen LogP contribution in [-0.4, -0.2) is 53.0 Å². The highest BCUT2D eigenvalue weighted by Gasteiger charge is 2.32. The van der Waals surface area contributed by atoms with Crippen LogP contribution in [0.3, 0.4) is 0 Å². The summed E-state index contributed by atoms with van der Waals surface area (Å²) in [5.41, 5.74) is 8.78. The summed E-state index contributed by atoms with van der Waals surface area (Å²) in [7, 11) is 0. The first-order valence-electron chi connectivity index (χ1n) is 8.28. The van der Waals surface area contributed by atoms with E-state index in [1.165, 1.54) is 5.56 Å². The van der Waals surface area contributed by atoms with Crippen LogP contribution in [0.5, 0.6) is 0 Å². The lowest BCUT2D eigenvalue weighted by Crippen LogP contribution is -2.55. The SMILES string of the molecule is O=C(c1ccsc1)N1CCN(C2CC(c3cccnc3)NN2)CC1. The number of carbonyl (C=O) groups is 1. The third kappa shape index (κ3) is 3.21. The van der Waals surface area contributed by atoms with E-state index in [-0.39, 0.29) is 11.9 Å². The van der Waals surface area contributed by atoms with Crippen molar-refractivity contribution in [1.29, 1.82) is 0 Å². The highest BCUT2D eigenvalue weighted by Crippen LogP contribution is 2.24. The number of nitrogens with one attached hydrogen (secondary N) is 2. The van der Waals surface area contributed by atoms with Crippen LogP contribution in [0.15, 0.2) is 41.4 Å².